The van der Waals surface area contributed by atoms with Gasteiger partial charge in [0.2, 0.25) is 5.16 Å². The van der Waals surface area contributed by atoms with Gasteiger partial charge in [-0.3, -0.25) is 0 Å². The number of methoxy groups -OCH3 is 1. The summed E-state index contributed by atoms with van der Waals surface area (Å²) in [6.45, 7) is 0.575. The Hall–Kier alpha value is -2.72. The molecule has 0 unspecified atom stereocenters. The minimum Gasteiger partial charge on any atom is -0.497 e. The summed E-state index contributed by atoms with van der Waals surface area (Å²) in [5.74, 6) is 2.48. The number of benzene rings is 1. The van der Waals surface area contributed by atoms with Crippen LogP contribution in [0.2, 0.25) is 0 Å². The van der Waals surface area contributed by atoms with E-state index >= 15 is 0 Å². The van der Waals surface area contributed by atoms with Gasteiger partial charge in [-0.2, -0.15) is 16.3 Å². The van der Waals surface area contributed by atoms with E-state index in [-0.39, 0.29) is 0 Å². The number of ether oxygens (including phenoxy) is 1. The Morgan fingerprint density at radius 2 is 2.12 bits per heavy atom. The lowest BCUT2D eigenvalue weighted by atomic mass is 10.2. The maximum absolute atomic E-state index is 5.29. The second kappa shape index (κ2) is 7.67. The molecule has 0 bridgehead atoms. The Morgan fingerprint density at radius 1 is 1.23 bits per heavy atom. The molecule has 0 aliphatic heterocycles. The van der Waals surface area contributed by atoms with Crippen molar-refractivity contribution >= 4 is 23.1 Å². The largest absolute Gasteiger partial charge is 0.497 e. The number of tetrazole rings is 1. The van der Waals surface area contributed by atoms with Gasteiger partial charge in [-0.25, -0.2) is 4.68 Å². The molecule has 0 amide bonds. The molecule has 4 rings (SSSR count). The maximum Gasteiger partial charge on any atom is 0.258 e. The van der Waals surface area contributed by atoms with Crippen LogP contribution in [0.4, 0.5) is 0 Å². The molecule has 0 aliphatic rings. The molecule has 0 saturated carbocycles. The van der Waals surface area contributed by atoms with Gasteiger partial charge in [-0.1, -0.05) is 29.1 Å². The molecule has 3 heterocycles. The van der Waals surface area contributed by atoms with Crippen molar-refractivity contribution in [3.05, 3.63) is 52.5 Å². The third kappa shape index (κ3) is 3.75. The van der Waals surface area contributed by atoms with E-state index in [0.29, 0.717) is 29.2 Å². The van der Waals surface area contributed by atoms with Crippen LogP contribution in [0, 0.1) is 0 Å². The summed E-state index contributed by atoms with van der Waals surface area (Å²) in [5, 5.41) is 20.5. The molecule has 0 aliphatic carbocycles. The molecular weight excluding hydrogens is 372 g/mol. The molecule has 1 aromatic carbocycles. The highest BCUT2D eigenvalue weighted by Gasteiger charge is 2.13. The van der Waals surface area contributed by atoms with Gasteiger partial charge in [-0.15, -0.1) is 5.10 Å². The van der Waals surface area contributed by atoms with Gasteiger partial charge in [-0.05, 0) is 39.6 Å². The first-order chi connectivity index (χ1) is 12.8. The lowest BCUT2D eigenvalue weighted by Crippen LogP contribution is -2.04. The fraction of sp³-hybridized carbons (Fsp3) is 0.188. The summed E-state index contributed by atoms with van der Waals surface area (Å²) in [6.07, 6.45) is 0. The number of rotatable bonds is 7. The van der Waals surface area contributed by atoms with Crippen molar-refractivity contribution in [2.75, 3.05) is 7.11 Å². The van der Waals surface area contributed by atoms with Crippen LogP contribution in [0.25, 0.3) is 11.5 Å². The first-order valence-electron chi connectivity index (χ1n) is 7.69. The Bertz CT molecular complexity index is 965. The van der Waals surface area contributed by atoms with Crippen molar-refractivity contribution < 1.29 is 9.26 Å². The van der Waals surface area contributed by atoms with Gasteiger partial charge in [0, 0.05) is 5.38 Å². The SMILES string of the molecule is COc1ccc(Cn2nnnc2SCc2noc(-c3ccsc3)n2)cc1. The summed E-state index contributed by atoms with van der Waals surface area (Å²) >= 11 is 3.05. The van der Waals surface area contributed by atoms with E-state index in [9.17, 15) is 0 Å². The molecule has 3 aromatic heterocycles. The summed E-state index contributed by atoms with van der Waals surface area (Å²) in [5.41, 5.74) is 2.02. The predicted octanol–water partition coefficient (Wildman–Crippen LogP) is 3.13. The highest BCUT2D eigenvalue weighted by atomic mass is 32.2. The molecule has 0 atom stereocenters. The minimum absolute atomic E-state index is 0.524. The summed E-state index contributed by atoms with van der Waals surface area (Å²) < 4.78 is 12.2. The number of thiophene rings is 1. The Kier molecular flexibility index (Phi) is 4.93. The second-order valence-corrected chi connectivity index (χ2v) is 7.01. The van der Waals surface area contributed by atoms with Gasteiger partial charge < -0.3 is 9.26 Å². The molecular formula is C16H14N6O2S2. The van der Waals surface area contributed by atoms with E-state index in [1.807, 2.05) is 41.1 Å². The van der Waals surface area contributed by atoms with Crippen molar-refractivity contribution in [1.29, 1.82) is 0 Å². The molecule has 4 aromatic rings. The number of aromatic nitrogens is 6. The zero-order valence-corrected chi connectivity index (χ0v) is 15.4. The second-order valence-electron chi connectivity index (χ2n) is 5.28. The highest BCUT2D eigenvalue weighted by molar-refractivity contribution is 7.98. The van der Waals surface area contributed by atoms with Crippen molar-refractivity contribution in [1.82, 2.24) is 30.3 Å². The van der Waals surface area contributed by atoms with Crippen LogP contribution in [-0.2, 0) is 12.3 Å². The van der Waals surface area contributed by atoms with Gasteiger partial charge >= 0.3 is 0 Å². The van der Waals surface area contributed by atoms with Crippen LogP contribution in [0.3, 0.4) is 0 Å². The van der Waals surface area contributed by atoms with Crippen LogP contribution in [0.15, 0.2) is 50.8 Å². The molecule has 10 heteroatoms. The average Bonchev–Trinajstić information content (AvgIpc) is 3.42. The molecule has 0 spiro atoms. The predicted molar refractivity (Wildman–Crippen MR) is 97.1 cm³/mol. The lowest BCUT2D eigenvalue weighted by Gasteiger charge is -2.05. The van der Waals surface area contributed by atoms with Gasteiger partial charge in [0.25, 0.3) is 5.89 Å². The summed E-state index contributed by atoms with van der Waals surface area (Å²) in [4.78, 5) is 4.40. The third-order valence-corrected chi connectivity index (χ3v) is 5.19. The normalized spacial score (nSPS) is 11.0. The zero-order chi connectivity index (χ0) is 17.8. The molecule has 0 N–H and O–H groups in total. The van der Waals surface area contributed by atoms with Crippen LogP contribution in [-0.4, -0.2) is 37.5 Å². The fourth-order valence-corrected chi connectivity index (χ4v) is 3.60. The zero-order valence-electron chi connectivity index (χ0n) is 13.8. The minimum atomic E-state index is 0.524. The van der Waals surface area contributed by atoms with E-state index in [0.717, 1.165) is 16.9 Å². The van der Waals surface area contributed by atoms with Gasteiger partial charge in [0.1, 0.15) is 5.75 Å². The number of nitrogens with zero attached hydrogens (tertiary/aromatic N) is 6. The fourth-order valence-electron chi connectivity index (χ4n) is 2.25. The summed E-state index contributed by atoms with van der Waals surface area (Å²) in [7, 11) is 1.65. The van der Waals surface area contributed by atoms with Crippen LogP contribution in [0.1, 0.15) is 11.4 Å². The number of thioether (sulfide) groups is 1. The number of hydrogen-bond donors (Lipinski definition) is 0. The standard InChI is InChI=1S/C16H14N6O2S2/c1-23-13-4-2-11(3-5-13)8-22-16(18-20-21-22)26-10-14-17-15(24-19-14)12-6-7-25-9-12/h2-7,9H,8,10H2,1H3. The van der Waals surface area contributed by atoms with E-state index in [4.69, 9.17) is 9.26 Å². The molecule has 8 nitrogen and oxygen atoms in total. The lowest BCUT2D eigenvalue weighted by molar-refractivity contribution is 0.414. The highest BCUT2D eigenvalue weighted by Crippen LogP contribution is 2.23. The van der Waals surface area contributed by atoms with Crippen molar-refractivity contribution in [2.24, 2.45) is 0 Å². The molecule has 0 fully saturated rings. The van der Waals surface area contributed by atoms with E-state index in [1.165, 1.54) is 11.8 Å². The molecule has 26 heavy (non-hydrogen) atoms. The Morgan fingerprint density at radius 3 is 2.88 bits per heavy atom. The quantitative estimate of drug-likeness (QED) is 0.447. The number of hydrogen-bond acceptors (Lipinski definition) is 9. The first-order valence-corrected chi connectivity index (χ1v) is 9.62. The van der Waals surface area contributed by atoms with E-state index < -0.39 is 0 Å². The Labute approximate surface area is 157 Å². The van der Waals surface area contributed by atoms with E-state index in [2.05, 4.69) is 25.7 Å². The Balaban J connectivity index is 1.41. The molecule has 132 valence electrons. The van der Waals surface area contributed by atoms with Crippen LogP contribution < -0.4 is 4.74 Å². The van der Waals surface area contributed by atoms with E-state index in [1.54, 1.807) is 23.1 Å². The first kappa shape index (κ1) is 16.7. The van der Waals surface area contributed by atoms with Crippen LogP contribution >= 0.6 is 23.1 Å². The summed E-state index contributed by atoms with van der Waals surface area (Å²) in [6, 6.07) is 9.75. The third-order valence-electron chi connectivity index (χ3n) is 3.56. The monoisotopic (exact) mass is 386 g/mol. The average molecular weight is 386 g/mol. The van der Waals surface area contributed by atoms with Crippen molar-refractivity contribution in [2.45, 2.75) is 17.5 Å². The van der Waals surface area contributed by atoms with Gasteiger partial charge in [0.05, 0.1) is 25.0 Å². The maximum atomic E-state index is 5.29. The van der Waals surface area contributed by atoms with Crippen LogP contribution in [0.5, 0.6) is 5.75 Å². The van der Waals surface area contributed by atoms with Crippen molar-refractivity contribution in [3.8, 4) is 17.2 Å². The topological polar surface area (TPSA) is 91.8 Å². The van der Waals surface area contributed by atoms with Gasteiger partial charge in [0.15, 0.2) is 5.82 Å². The molecule has 0 saturated heterocycles. The van der Waals surface area contributed by atoms with Crippen molar-refractivity contribution in [3.63, 3.8) is 0 Å². The molecule has 0 radical (unpaired) electrons. The smallest absolute Gasteiger partial charge is 0.258 e.